The summed E-state index contributed by atoms with van der Waals surface area (Å²) in [7, 11) is 1.56. The number of rotatable bonds is 6. The van der Waals surface area contributed by atoms with E-state index < -0.39 is 12.1 Å². The molecule has 0 saturated carbocycles. The van der Waals surface area contributed by atoms with Crippen LogP contribution in [0, 0.1) is 6.92 Å². The molecule has 1 atom stereocenters. The van der Waals surface area contributed by atoms with Crippen LogP contribution >= 0.6 is 0 Å². The van der Waals surface area contributed by atoms with E-state index in [1.165, 1.54) is 0 Å². The first kappa shape index (κ1) is 20.6. The molecule has 1 N–H and O–H groups in total. The van der Waals surface area contributed by atoms with Gasteiger partial charge in [-0.3, -0.25) is 0 Å². The van der Waals surface area contributed by atoms with Crippen molar-refractivity contribution in [3.05, 3.63) is 64.3 Å². The number of nitrogens with one attached hydrogen (secondary N) is 1. The van der Waals surface area contributed by atoms with Gasteiger partial charge in [-0.2, -0.15) is 4.98 Å². The number of aryl methyl sites for hydroxylation is 1. The fraction of sp³-hybridized carbons (Fsp3) is 0.381. The van der Waals surface area contributed by atoms with Gasteiger partial charge in [-0.15, -0.1) is 0 Å². The fourth-order valence-electron chi connectivity index (χ4n) is 3.36. The van der Waals surface area contributed by atoms with Gasteiger partial charge in [0.2, 0.25) is 5.82 Å². The van der Waals surface area contributed by atoms with Crippen molar-refractivity contribution in [2.75, 3.05) is 13.7 Å². The average molecular weight is 399 g/mol. The van der Waals surface area contributed by atoms with E-state index >= 15 is 0 Å². The van der Waals surface area contributed by atoms with Crippen LogP contribution in [0.1, 0.15) is 49.5 Å². The van der Waals surface area contributed by atoms with E-state index in [4.69, 9.17) is 18.7 Å². The summed E-state index contributed by atoms with van der Waals surface area (Å²) >= 11 is 0. The lowest BCUT2D eigenvalue weighted by molar-refractivity contribution is 0.0777. The van der Waals surface area contributed by atoms with Crippen LogP contribution in [0.5, 0.6) is 0 Å². The Morgan fingerprint density at radius 1 is 1.24 bits per heavy atom. The largest absolute Gasteiger partial charge is 0.513 e. The van der Waals surface area contributed by atoms with E-state index in [2.05, 4.69) is 15.5 Å². The molecule has 0 radical (unpaired) electrons. The summed E-state index contributed by atoms with van der Waals surface area (Å²) < 4.78 is 21.0. The van der Waals surface area contributed by atoms with Gasteiger partial charge < -0.3 is 24.1 Å². The van der Waals surface area contributed by atoms with E-state index in [0.29, 0.717) is 23.2 Å². The highest BCUT2D eigenvalue weighted by Crippen LogP contribution is 2.43. The smallest absolute Gasteiger partial charge is 0.434 e. The van der Waals surface area contributed by atoms with E-state index in [0.717, 1.165) is 22.4 Å². The lowest BCUT2D eigenvalue weighted by atomic mass is 9.84. The average Bonchev–Trinajstić information content (AvgIpc) is 3.12. The molecule has 1 aromatic carbocycles. The maximum atomic E-state index is 12.1. The number of nitrogens with zero attached hydrogens (tertiary/aromatic N) is 2. The van der Waals surface area contributed by atoms with Crippen molar-refractivity contribution in [2.45, 2.75) is 40.2 Å². The predicted octanol–water partition coefficient (Wildman–Crippen LogP) is 4.05. The number of aromatic nitrogens is 2. The molecule has 0 aliphatic carbocycles. The second-order valence-corrected chi connectivity index (χ2v) is 6.73. The van der Waals surface area contributed by atoms with Crippen molar-refractivity contribution in [3.63, 3.8) is 0 Å². The summed E-state index contributed by atoms with van der Waals surface area (Å²) in [4.78, 5) is 16.6. The molecule has 0 fully saturated rings. The molecule has 29 heavy (non-hydrogen) atoms. The van der Waals surface area contributed by atoms with E-state index in [-0.39, 0.29) is 13.2 Å². The molecule has 2 aromatic rings. The highest BCUT2D eigenvalue weighted by molar-refractivity contribution is 5.76. The maximum Gasteiger partial charge on any atom is 0.513 e. The first-order chi connectivity index (χ1) is 13.9. The van der Waals surface area contributed by atoms with Crippen molar-refractivity contribution in [2.24, 2.45) is 0 Å². The number of hydrogen-bond acceptors (Lipinski definition) is 8. The monoisotopic (exact) mass is 399 g/mol. The Hall–Kier alpha value is -3.13. The van der Waals surface area contributed by atoms with Crippen LogP contribution in [0.4, 0.5) is 4.79 Å². The number of ether oxygens (including phenoxy) is 3. The van der Waals surface area contributed by atoms with Crippen LogP contribution in [0.15, 0.2) is 45.9 Å². The summed E-state index contributed by atoms with van der Waals surface area (Å²) in [6, 6.07) is 7.99. The standard InChI is InChI=1S/C21H25N3O5/c1-6-27-21(25)28-19-14(4)22-13(3)17(20-23-16(11-26-5)29-24-20)18(19)15-9-7-8-12(2)10-15/h7-10,18,22H,6,11H2,1-5H3. The van der Waals surface area contributed by atoms with Crippen molar-refractivity contribution in [1.82, 2.24) is 15.5 Å². The molecular weight excluding hydrogens is 374 g/mol. The summed E-state index contributed by atoms with van der Waals surface area (Å²) in [5.41, 5.74) is 4.34. The fourth-order valence-corrected chi connectivity index (χ4v) is 3.36. The number of carbonyl (C=O) groups is 1. The molecule has 8 nitrogen and oxygen atoms in total. The van der Waals surface area contributed by atoms with Gasteiger partial charge in [-0.1, -0.05) is 35.0 Å². The van der Waals surface area contributed by atoms with E-state index in [1.54, 1.807) is 14.0 Å². The van der Waals surface area contributed by atoms with Crippen molar-refractivity contribution in [3.8, 4) is 0 Å². The molecule has 0 amide bonds. The third-order valence-corrected chi connectivity index (χ3v) is 4.51. The normalized spacial score (nSPS) is 16.7. The summed E-state index contributed by atoms with van der Waals surface area (Å²) in [6.07, 6.45) is -0.756. The minimum Gasteiger partial charge on any atom is -0.434 e. The van der Waals surface area contributed by atoms with Gasteiger partial charge in [0.15, 0.2) is 0 Å². The number of benzene rings is 1. The van der Waals surface area contributed by atoms with Crippen LogP contribution in [-0.4, -0.2) is 30.0 Å². The Labute approximate surface area is 169 Å². The quantitative estimate of drug-likeness (QED) is 0.727. The zero-order valence-electron chi connectivity index (χ0n) is 17.2. The van der Waals surface area contributed by atoms with Gasteiger partial charge in [-0.05, 0) is 33.3 Å². The minimum atomic E-state index is -0.756. The summed E-state index contributed by atoms with van der Waals surface area (Å²) in [5, 5.41) is 7.38. The Morgan fingerprint density at radius 3 is 2.72 bits per heavy atom. The van der Waals surface area contributed by atoms with Gasteiger partial charge in [0.1, 0.15) is 12.4 Å². The molecule has 0 bridgehead atoms. The van der Waals surface area contributed by atoms with Gasteiger partial charge >= 0.3 is 6.16 Å². The molecule has 0 saturated heterocycles. The van der Waals surface area contributed by atoms with Crippen LogP contribution in [-0.2, 0) is 20.8 Å². The topological polar surface area (TPSA) is 95.7 Å². The minimum absolute atomic E-state index is 0.211. The van der Waals surface area contributed by atoms with Crippen molar-refractivity contribution in [1.29, 1.82) is 0 Å². The molecule has 8 heteroatoms. The van der Waals surface area contributed by atoms with Crippen LogP contribution in [0.25, 0.3) is 5.57 Å². The zero-order valence-corrected chi connectivity index (χ0v) is 17.2. The van der Waals surface area contributed by atoms with Crippen LogP contribution in [0.3, 0.4) is 0 Å². The van der Waals surface area contributed by atoms with Gasteiger partial charge in [-0.25, -0.2) is 4.79 Å². The second kappa shape index (κ2) is 8.91. The molecule has 1 unspecified atom stereocenters. The molecule has 154 valence electrons. The van der Waals surface area contributed by atoms with Gasteiger partial charge in [0.25, 0.3) is 5.89 Å². The third-order valence-electron chi connectivity index (χ3n) is 4.51. The van der Waals surface area contributed by atoms with Gasteiger partial charge in [0.05, 0.1) is 18.2 Å². The second-order valence-electron chi connectivity index (χ2n) is 6.73. The van der Waals surface area contributed by atoms with Crippen LogP contribution in [0.2, 0.25) is 0 Å². The first-order valence-electron chi connectivity index (χ1n) is 9.36. The highest BCUT2D eigenvalue weighted by atomic mass is 16.7. The van der Waals surface area contributed by atoms with Crippen molar-refractivity contribution < 1.29 is 23.5 Å². The van der Waals surface area contributed by atoms with E-state index in [9.17, 15) is 4.79 Å². The maximum absolute atomic E-state index is 12.1. The summed E-state index contributed by atoms with van der Waals surface area (Å²) in [5.74, 6) is 0.803. The SMILES string of the molecule is CCOC(=O)OC1=C(C)NC(C)=C(c2noc(COC)n2)C1c1cccc(C)c1. The molecule has 0 spiro atoms. The number of hydrogen-bond donors (Lipinski definition) is 1. The Bertz CT molecular complexity index is 961. The number of methoxy groups -OCH3 is 1. The Morgan fingerprint density at radius 2 is 2.03 bits per heavy atom. The summed E-state index contributed by atoms with van der Waals surface area (Å²) in [6.45, 7) is 7.95. The Balaban J connectivity index is 2.11. The van der Waals surface area contributed by atoms with E-state index in [1.807, 2.05) is 45.0 Å². The number of allylic oxidation sites excluding steroid dienone is 3. The van der Waals surface area contributed by atoms with Gasteiger partial charge in [0, 0.05) is 18.4 Å². The molecule has 2 heterocycles. The zero-order chi connectivity index (χ0) is 21.0. The predicted molar refractivity (Wildman–Crippen MR) is 105 cm³/mol. The molecule has 3 rings (SSSR count). The molecular formula is C21H25N3O5. The van der Waals surface area contributed by atoms with Crippen molar-refractivity contribution >= 4 is 11.7 Å². The third kappa shape index (κ3) is 4.48. The Kier molecular flexibility index (Phi) is 6.33. The molecule has 1 aromatic heterocycles. The number of dihydropyridines is 1. The lowest BCUT2D eigenvalue weighted by Crippen LogP contribution is -2.27. The molecule has 1 aliphatic rings. The first-order valence-corrected chi connectivity index (χ1v) is 9.36. The highest BCUT2D eigenvalue weighted by Gasteiger charge is 2.35. The number of carbonyl (C=O) groups excluding carboxylic acids is 1. The lowest BCUT2D eigenvalue weighted by Gasteiger charge is -2.30. The van der Waals surface area contributed by atoms with Crippen LogP contribution < -0.4 is 5.32 Å². The molecule has 1 aliphatic heterocycles.